The molecule has 162 valence electrons. The van der Waals surface area contributed by atoms with Crippen molar-refractivity contribution in [1.82, 2.24) is 10.2 Å². The molecule has 0 saturated carbocycles. The Kier molecular flexibility index (Phi) is 6.86. The molecule has 1 unspecified atom stereocenters. The van der Waals surface area contributed by atoms with E-state index in [0.29, 0.717) is 26.8 Å². The minimum atomic E-state index is -4.76. The number of amides is 2. The van der Waals surface area contributed by atoms with Gasteiger partial charge in [-0.15, -0.1) is 10.2 Å². The molecule has 3 rings (SSSR count). The van der Waals surface area contributed by atoms with Crippen molar-refractivity contribution in [2.45, 2.75) is 36.8 Å². The third-order valence-corrected chi connectivity index (χ3v) is 6.16. The van der Waals surface area contributed by atoms with Crippen LogP contribution in [0.3, 0.4) is 0 Å². The van der Waals surface area contributed by atoms with Gasteiger partial charge in [-0.1, -0.05) is 49.1 Å². The first-order valence-corrected chi connectivity index (χ1v) is 10.9. The highest BCUT2D eigenvalue weighted by Gasteiger charge is 2.48. The van der Waals surface area contributed by atoms with Crippen molar-refractivity contribution < 1.29 is 22.8 Å². The average molecular weight is 460 g/mol. The average Bonchev–Trinajstić information content (AvgIpc) is 3.06. The largest absolute Gasteiger partial charge is 0.409 e. The Morgan fingerprint density at radius 2 is 2.10 bits per heavy atom. The first-order valence-electron chi connectivity index (χ1n) is 9.13. The highest BCUT2D eigenvalue weighted by atomic mass is 32.2. The fourth-order valence-electron chi connectivity index (χ4n) is 2.82. The van der Waals surface area contributed by atoms with E-state index in [2.05, 4.69) is 20.8 Å². The number of nitrogens with zero attached hydrogens (tertiary/aromatic N) is 3. The number of aromatic nitrogens is 2. The smallest absolute Gasteiger partial charge is 0.360 e. The van der Waals surface area contributed by atoms with Crippen LogP contribution in [0.5, 0.6) is 0 Å². The Labute approximate surface area is 179 Å². The normalized spacial score (nSPS) is 16.8. The van der Waals surface area contributed by atoms with E-state index in [4.69, 9.17) is 0 Å². The van der Waals surface area contributed by atoms with Gasteiger partial charge in [0.2, 0.25) is 16.9 Å². The lowest BCUT2D eigenvalue weighted by Crippen LogP contribution is -2.50. The topological polar surface area (TPSA) is 87.2 Å². The molecule has 1 atom stereocenters. The summed E-state index contributed by atoms with van der Waals surface area (Å²) in [4.78, 5) is 25.5. The van der Waals surface area contributed by atoms with Gasteiger partial charge < -0.3 is 10.6 Å². The summed E-state index contributed by atoms with van der Waals surface area (Å²) in [6.45, 7) is 4.78. The van der Waals surface area contributed by atoms with Crippen LogP contribution in [-0.4, -0.2) is 46.5 Å². The van der Waals surface area contributed by atoms with Crippen LogP contribution < -0.4 is 15.5 Å². The Balaban J connectivity index is 1.79. The number of fused-ring (bicyclic) bond motifs is 1. The number of rotatable bonds is 6. The van der Waals surface area contributed by atoms with Gasteiger partial charge in [0, 0.05) is 6.54 Å². The van der Waals surface area contributed by atoms with Crippen LogP contribution in [0, 0.1) is 5.92 Å². The van der Waals surface area contributed by atoms with Crippen molar-refractivity contribution in [1.29, 1.82) is 0 Å². The van der Waals surface area contributed by atoms with Crippen LogP contribution >= 0.6 is 23.1 Å². The second-order valence-electron chi connectivity index (χ2n) is 7.03. The molecule has 1 aliphatic heterocycles. The van der Waals surface area contributed by atoms with Crippen LogP contribution in [0.25, 0.3) is 0 Å². The summed E-state index contributed by atoms with van der Waals surface area (Å²) in [6, 6.07) is 3.72. The van der Waals surface area contributed by atoms with Gasteiger partial charge in [-0.25, -0.2) is 0 Å². The number of carbonyl (C=O) groups excluding carboxylic acids is 2. The highest BCUT2D eigenvalue weighted by molar-refractivity contribution is 8.01. The highest BCUT2D eigenvalue weighted by Crippen LogP contribution is 2.38. The Morgan fingerprint density at radius 3 is 2.80 bits per heavy atom. The van der Waals surface area contributed by atoms with E-state index in [-0.39, 0.29) is 17.1 Å². The zero-order valence-electron chi connectivity index (χ0n) is 16.2. The summed E-state index contributed by atoms with van der Waals surface area (Å²) >= 11 is 2.24. The lowest BCUT2D eigenvalue weighted by atomic mass is 10.1. The number of para-hydroxylation sites is 2. The van der Waals surface area contributed by atoms with Crippen molar-refractivity contribution in [2.75, 3.05) is 27.8 Å². The molecule has 1 aliphatic rings. The predicted molar refractivity (Wildman–Crippen MR) is 111 cm³/mol. The van der Waals surface area contributed by atoms with Crippen LogP contribution in [0.2, 0.25) is 0 Å². The maximum absolute atomic E-state index is 13.7. The number of benzene rings is 1. The summed E-state index contributed by atoms with van der Waals surface area (Å²) in [5, 5.41) is 14.1. The van der Waals surface area contributed by atoms with Gasteiger partial charge in [0.05, 0.1) is 23.5 Å². The maximum Gasteiger partial charge on any atom is 0.409 e. The first kappa shape index (κ1) is 22.3. The molecule has 2 N–H and O–H groups in total. The molecule has 0 bridgehead atoms. The molecule has 0 aliphatic carbocycles. The van der Waals surface area contributed by atoms with Crippen molar-refractivity contribution in [3.63, 3.8) is 0 Å². The molecule has 2 aromatic rings. The second kappa shape index (κ2) is 9.21. The Morgan fingerprint density at radius 1 is 1.37 bits per heavy atom. The Hall–Kier alpha value is -2.34. The van der Waals surface area contributed by atoms with E-state index in [0.717, 1.165) is 11.8 Å². The molecule has 2 heterocycles. The van der Waals surface area contributed by atoms with Gasteiger partial charge in [0.25, 0.3) is 0 Å². The number of halogens is 3. The van der Waals surface area contributed by atoms with Crippen molar-refractivity contribution in [3.8, 4) is 0 Å². The molecule has 0 fully saturated rings. The van der Waals surface area contributed by atoms with E-state index in [1.807, 2.05) is 13.8 Å². The number of nitrogens with one attached hydrogen (secondary N) is 2. The molecular formula is C18H20F3N5O2S2. The zero-order chi connectivity index (χ0) is 21.9. The molecular weight excluding hydrogens is 439 g/mol. The fraction of sp³-hybridized carbons (Fsp3) is 0.444. The van der Waals surface area contributed by atoms with Gasteiger partial charge in [-0.05, 0) is 18.1 Å². The molecule has 1 aromatic heterocycles. The van der Waals surface area contributed by atoms with Crippen LogP contribution in [0.4, 0.5) is 29.7 Å². The standard InChI is InChI=1S/C18H20F3N5O2S2/c1-10(2)8-22-16-24-25-17(30-16)29-9-15(28)26-12-6-4-3-5-11(12)23-14(27)7-13(26)18(19,20)21/h3-6,10,13H,7-9H2,1-2H3,(H,22,24)(H,23,27). The number of anilines is 3. The summed E-state index contributed by atoms with van der Waals surface area (Å²) < 4.78 is 41.6. The molecule has 0 radical (unpaired) electrons. The van der Waals surface area contributed by atoms with Gasteiger partial charge >= 0.3 is 6.18 Å². The third-order valence-electron chi connectivity index (χ3n) is 4.16. The molecule has 30 heavy (non-hydrogen) atoms. The monoisotopic (exact) mass is 459 g/mol. The molecule has 2 amide bonds. The third kappa shape index (κ3) is 5.42. The van der Waals surface area contributed by atoms with Gasteiger partial charge in [-0.3, -0.25) is 14.5 Å². The molecule has 0 spiro atoms. The number of thioether (sulfide) groups is 1. The van der Waals surface area contributed by atoms with E-state index < -0.39 is 30.5 Å². The first-order chi connectivity index (χ1) is 14.1. The number of carbonyl (C=O) groups is 2. The van der Waals surface area contributed by atoms with E-state index in [9.17, 15) is 22.8 Å². The fourth-order valence-corrected chi connectivity index (χ4v) is 4.44. The number of alkyl halides is 3. The van der Waals surface area contributed by atoms with Crippen LogP contribution in [0.1, 0.15) is 20.3 Å². The van der Waals surface area contributed by atoms with Crippen molar-refractivity contribution >= 4 is 51.4 Å². The van der Waals surface area contributed by atoms with Crippen LogP contribution in [-0.2, 0) is 9.59 Å². The summed E-state index contributed by atoms with van der Waals surface area (Å²) in [5.41, 5.74) is 0.191. The lowest BCUT2D eigenvalue weighted by molar-refractivity contribution is -0.157. The summed E-state index contributed by atoms with van der Waals surface area (Å²) in [7, 11) is 0. The SMILES string of the molecule is CC(C)CNc1nnc(SCC(=O)N2c3ccccc3NC(=O)CC2C(F)(F)F)s1. The molecule has 1 aromatic carbocycles. The van der Waals surface area contributed by atoms with E-state index in [1.165, 1.54) is 29.5 Å². The molecule has 0 saturated heterocycles. The van der Waals surface area contributed by atoms with E-state index in [1.54, 1.807) is 6.07 Å². The Bertz CT molecular complexity index is 919. The number of hydrogen-bond donors (Lipinski definition) is 2. The van der Waals surface area contributed by atoms with Crippen LogP contribution in [0.15, 0.2) is 28.6 Å². The molecule has 12 heteroatoms. The van der Waals surface area contributed by atoms with Gasteiger partial charge in [0.1, 0.15) is 6.04 Å². The zero-order valence-corrected chi connectivity index (χ0v) is 17.8. The minimum absolute atomic E-state index is 0.0211. The summed E-state index contributed by atoms with van der Waals surface area (Å²) in [6.07, 6.45) is -5.62. The lowest BCUT2D eigenvalue weighted by Gasteiger charge is -2.31. The summed E-state index contributed by atoms with van der Waals surface area (Å²) in [5.74, 6) is -1.42. The van der Waals surface area contributed by atoms with Gasteiger partial charge in [-0.2, -0.15) is 13.2 Å². The quantitative estimate of drug-likeness (QED) is 0.635. The predicted octanol–water partition coefficient (Wildman–Crippen LogP) is 4.00. The van der Waals surface area contributed by atoms with Crippen molar-refractivity contribution in [2.24, 2.45) is 5.92 Å². The second-order valence-corrected chi connectivity index (χ2v) is 9.23. The van der Waals surface area contributed by atoms with E-state index >= 15 is 0 Å². The maximum atomic E-state index is 13.7. The minimum Gasteiger partial charge on any atom is -0.360 e. The molecule has 7 nitrogen and oxygen atoms in total. The number of hydrogen-bond acceptors (Lipinski definition) is 7. The van der Waals surface area contributed by atoms with Gasteiger partial charge in [0.15, 0.2) is 4.34 Å². The van der Waals surface area contributed by atoms with Crippen molar-refractivity contribution in [3.05, 3.63) is 24.3 Å².